The quantitative estimate of drug-likeness (QED) is 0.125. The molecule has 0 amide bonds. The molecule has 0 aliphatic rings. The normalized spacial score (nSPS) is 9.93. The first kappa shape index (κ1) is 41.3. The van der Waals surface area contributed by atoms with Gasteiger partial charge in [-0.1, -0.05) is 123 Å². The molecular formula is C42H44Cl2SiZr-4. The van der Waals surface area contributed by atoms with Crippen LogP contribution in [0.25, 0.3) is 54.6 Å². The molecule has 0 aromatic heterocycles. The van der Waals surface area contributed by atoms with Crippen LogP contribution in [0.2, 0.25) is 0 Å². The van der Waals surface area contributed by atoms with E-state index in [0.717, 1.165) is 0 Å². The second-order valence-electron chi connectivity index (χ2n) is 11.4. The van der Waals surface area contributed by atoms with Gasteiger partial charge in [-0.25, -0.2) is 0 Å². The number of benzene rings is 5. The number of fused-ring (bicyclic) bond motifs is 3. The molecule has 0 aliphatic carbocycles. The molecule has 2 radical (unpaired) electrons. The summed E-state index contributed by atoms with van der Waals surface area (Å²) in [5.41, 5.74) is 10.7. The molecule has 0 N–H and O–H groups in total. The molecule has 7 aromatic carbocycles. The van der Waals surface area contributed by atoms with Gasteiger partial charge in [-0.15, -0.1) is 93.4 Å². The zero-order valence-electron chi connectivity index (χ0n) is 27.9. The van der Waals surface area contributed by atoms with Crippen molar-refractivity contribution < 1.29 is 23.3 Å². The van der Waals surface area contributed by atoms with Gasteiger partial charge in [0.15, 0.2) is 0 Å². The van der Waals surface area contributed by atoms with Crippen LogP contribution in [0.3, 0.4) is 0 Å². The molecule has 46 heavy (non-hydrogen) atoms. The van der Waals surface area contributed by atoms with Gasteiger partial charge >= 0.3 is 30.2 Å². The van der Waals surface area contributed by atoms with Crippen molar-refractivity contribution in [3.05, 3.63) is 158 Å². The summed E-state index contributed by atoms with van der Waals surface area (Å²) in [6.07, 6.45) is 0. The van der Waals surface area contributed by atoms with Crippen LogP contribution in [-0.2, 0) is 23.3 Å². The summed E-state index contributed by atoms with van der Waals surface area (Å²) < 4.78 is 0. The van der Waals surface area contributed by atoms with E-state index in [1.54, 1.807) is 0 Å². The van der Waals surface area contributed by atoms with Gasteiger partial charge in [-0.3, -0.25) is 0 Å². The Morgan fingerprint density at radius 3 is 1.91 bits per heavy atom. The van der Waals surface area contributed by atoms with Gasteiger partial charge < -0.3 is 14.9 Å². The van der Waals surface area contributed by atoms with Crippen molar-refractivity contribution in [2.75, 3.05) is 0 Å². The number of rotatable bonds is 3. The van der Waals surface area contributed by atoms with Crippen molar-refractivity contribution in [2.24, 2.45) is 0 Å². The van der Waals surface area contributed by atoms with Crippen molar-refractivity contribution in [3.63, 3.8) is 0 Å². The summed E-state index contributed by atoms with van der Waals surface area (Å²) in [6, 6.07) is 44.3. The summed E-state index contributed by atoms with van der Waals surface area (Å²) in [6.45, 7) is 14.1. The Hall–Kier alpha value is -2.74. The summed E-state index contributed by atoms with van der Waals surface area (Å²) in [5.74, 6) is 0.563. The number of aryl methyl sites for hydroxylation is 3. The van der Waals surface area contributed by atoms with E-state index in [9.17, 15) is 0 Å². The maximum absolute atomic E-state index is 3.06. The Morgan fingerprint density at radius 1 is 0.587 bits per heavy atom. The van der Waals surface area contributed by atoms with E-state index in [0.29, 0.717) is 5.92 Å². The topological polar surface area (TPSA) is 0 Å². The molecule has 0 spiro atoms. The molecule has 0 nitrogen and oxygen atoms in total. The first-order valence-corrected chi connectivity index (χ1v) is 18.7. The van der Waals surface area contributed by atoms with E-state index < -0.39 is 0 Å². The van der Waals surface area contributed by atoms with Gasteiger partial charge in [0.1, 0.15) is 0 Å². The van der Waals surface area contributed by atoms with Crippen LogP contribution in [0.5, 0.6) is 0 Å². The Morgan fingerprint density at radius 2 is 1.22 bits per heavy atom. The minimum atomic E-state index is 0. The molecular weight excluding hydrogens is 695 g/mol. The van der Waals surface area contributed by atoms with Gasteiger partial charge in [0, 0.05) is 0 Å². The molecule has 0 saturated carbocycles. The third-order valence-corrected chi connectivity index (χ3v) is 8.10. The molecule has 0 bridgehead atoms. The average molecular weight is 739 g/mol. The van der Waals surface area contributed by atoms with Gasteiger partial charge in [0.25, 0.3) is 0 Å². The monoisotopic (exact) mass is 736 g/mol. The van der Waals surface area contributed by atoms with Gasteiger partial charge in [0.05, 0.1) is 0 Å². The summed E-state index contributed by atoms with van der Waals surface area (Å²) in [7, 11) is 0. The third kappa shape index (κ3) is 8.78. The summed E-state index contributed by atoms with van der Waals surface area (Å²) in [5, 5.41) is 8.08. The SMILES string of the molecule is CC(C)c1cc2c(-c3cccc4ccccc34)cccc2[cH-]1.Cc1cccc(-c2ccc(C)c3[cH-]c(C)cc23)c1.Cl.Cl.[CH3-].[CH3-].[Si]=[Zr]. The molecule has 7 rings (SSSR count). The molecule has 0 aliphatic heterocycles. The molecule has 0 unspecified atom stereocenters. The minimum absolute atomic E-state index is 0. The Bertz CT molecular complexity index is 1990. The molecule has 7 aromatic rings. The van der Waals surface area contributed by atoms with Crippen molar-refractivity contribution >= 4 is 64.0 Å². The molecule has 0 saturated heterocycles. The van der Waals surface area contributed by atoms with E-state index in [2.05, 4.69) is 163 Å². The fourth-order valence-electron chi connectivity index (χ4n) is 5.94. The number of hydrogen-bond donors (Lipinski definition) is 0. The zero-order chi connectivity index (χ0) is 29.8. The van der Waals surface area contributed by atoms with Crippen LogP contribution in [-0.4, -0.2) is 6.88 Å². The number of hydrogen-bond acceptors (Lipinski definition) is 0. The Balaban J connectivity index is 0.000000409. The van der Waals surface area contributed by atoms with Crippen molar-refractivity contribution in [3.8, 4) is 22.3 Å². The van der Waals surface area contributed by atoms with E-state index in [4.69, 9.17) is 0 Å². The van der Waals surface area contributed by atoms with Crippen molar-refractivity contribution in [2.45, 2.75) is 40.5 Å². The van der Waals surface area contributed by atoms with Crippen LogP contribution in [0.15, 0.2) is 121 Å². The second-order valence-corrected chi connectivity index (χ2v) is 11.4. The first-order chi connectivity index (χ1) is 20.4. The molecule has 0 fully saturated rings. The second kappa shape index (κ2) is 18.6. The fourth-order valence-corrected chi connectivity index (χ4v) is 5.94. The number of halogens is 2. The Labute approximate surface area is 306 Å². The standard InChI is InChI=1S/C22H19.C18H17.2CH3.2ClH.Si.Zr/c1-15(2)18-13-17-9-6-12-21(22(17)14-18)20-11-5-8-16-7-3-4-10-19(16)20;1-12-5-4-6-15(9-12)16-8-7-14(3)17-10-13(2)11-18(16)17;;;;;;/h3-15H,1-2H3;4-11H,1-3H3;2*1H3;2*1H;;/q4*-1;;;;. The van der Waals surface area contributed by atoms with E-state index in [1.807, 2.05) is 0 Å². The van der Waals surface area contributed by atoms with Gasteiger partial charge in [-0.2, -0.15) is 12.1 Å². The van der Waals surface area contributed by atoms with E-state index in [1.165, 1.54) is 100 Å². The Kier molecular flexibility index (Phi) is 16.7. The molecule has 0 atom stereocenters. The van der Waals surface area contributed by atoms with Crippen LogP contribution in [0, 0.1) is 35.6 Å². The van der Waals surface area contributed by atoms with Gasteiger partial charge in [0.2, 0.25) is 0 Å². The maximum atomic E-state index is 3.06. The van der Waals surface area contributed by atoms with Gasteiger partial charge in [-0.05, 0) is 34.7 Å². The van der Waals surface area contributed by atoms with Crippen molar-refractivity contribution in [1.82, 2.24) is 0 Å². The summed E-state index contributed by atoms with van der Waals surface area (Å²) >= 11 is 1.36. The first-order valence-electron chi connectivity index (χ1n) is 14.6. The van der Waals surface area contributed by atoms with E-state index >= 15 is 0 Å². The third-order valence-electron chi connectivity index (χ3n) is 8.10. The predicted molar refractivity (Wildman–Crippen MR) is 209 cm³/mol. The summed E-state index contributed by atoms with van der Waals surface area (Å²) in [4.78, 5) is 0. The van der Waals surface area contributed by atoms with Crippen molar-refractivity contribution in [1.29, 1.82) is 0 Å². The van der Waals surface area contributed by atoms with Crippen LogP contribution in [0.4, 0.5) is 0 Å². The molecule has 238 valence electrons. The van der Waals surface area contributed by atoms with Crippen LogP contribution >= 0.6 is 24.8 Å². The van der Waals surface area contributed by atoms with E-state index in [-0.39, 0.29) is 39.7 Å². The predicted octanol–water partition coefficient (Wildman–Crippen LogP) is 13.0. The molecule has 4 heteroatoms. The van der Waals surface area contributed by atoms with Crippen LogP contribution in [0.1, 0.15) is 42.0 Å². The molecule has 0 heterocycles. The van der Waals surface area contributed by atoms with Crippen LogP contribution < -0.4 is 0 Å². The average Bonchev–Trinajstić information content (AvgIpc) is 3.63. The zero-order valence-corrected chi connectivity index (χ0v) is 33.0. The fraction of sp³-hybridized carbons (Fsp3) is 0.143.